The predicted octanol–water partition coefficient (Wildman–Crippen LogP) is 0.594. The van der Waals surface area contributed by atoms with Crippen molar-refractivity contribution in [2.24, 2.45) is 5.84 Å². The number of nitro groups is 1. The molecule has 3 N–H and O–H groups in total. The van der Waals surface area contributed by atoms with Crippen molar-refractivity contribution in [2.45, 2.75) is 26.3 Å². The molecule has 1 saturated heterocycles. The first-order valence-electron chi connectivity index (χ1n) is 6.22. The summed E-state index contributed by atoms with van der Waals surface area (Å²) < 4.78 is 5.43. The molecule has 20 heavy (non-hydrogen) atoms. The smallest absolute Gasteiger partial charge is 0.332 e. The Hall–Kier alpha value is -2.00. The molecule has 0 atom stereocenters. The minimum Gasteiger partial charge on any atom is -0.377 e. The summed E-state index contributed by atoms with van der Waals surface area (Å²) in [4.78, 5) is 20.9. The van der Waals surface area contributed by atoms with Crippen LogP contribution in [0.15, 0.2) is 0 Å². The Morgan fingerprint density at radius 1 is 1.50 bits per heavy atom. The summed E-state index contributed by atoms with van der Waals surface area (Å²) >= 11 is 0. The average Bonchev–Trinajstić information content (AvgIpc) is 2.36. The lowest BCUT2D eigenvalue weighted by Gasteiger charge is -2.42. The van der Waals surface area contributed by atoms with Gasteiger partial charge in [-0.25, -0.2) is 10.8 Å². The predicted molar refractivity (Wildman–Crippen MR) is 73.5 cm³/mol. The van der Waals surface area contributed by atoms with E-state index in [9.17, 15) is 10.1 Å². The number of nitrogen functional groups attached to an aromatic ring is 1. The first-order chi connectivity index (χ1) is 9.36. The van der Waals surface area contributed by atoms with E-state index in [-0.39, 0.29) is 23.1 Å². The molecule has 9 nitrogen and oxygen atoms in total. The number of hydrogen-bond donors (Lipinski definition) is 2. The molecule has 1 aliphatic heterocycles. The summed E-state index contributed by atoms with van der Waals surface area (Å²) in [5, 5.41) is 11.3. The van der Waals surface area contributed by atoms with Gasteiger partial charge in [0.1, 0.15) is 5.69 Å². The van der Waals surface area contributed by atoms with Gasteiger partial charge in [-0.15, -0.1) is 0 Å². The van der Waals surface area contributed by atoms with Gasteiger partial charge in [-0.3, -0.25) is 15.5 Å². The maximum Gasteiger partial charge on any atom is 0.332 e. The van der Waals surface area contributed by atoms with Crippen LogP contribution in [0, 0.1) is 17.0 Å². The number of hydrazine groups is 1. The molecule has 110 valence electrons. The van der Waals surface area contributed by atoms with Gasteiger partial charge in [0.25, 0.3) is 0 Å². The topological polar surface area (TPSA) is 119 Å². The van der Waals surface area contributed by atoms with Gasteiger partial charge in [-0.2, -0.15) is 4.98 Å². The molecular formula is C11H18N6O3. The minimum atomic E-state index is -0.462. The van der Waals surface area contributed by atoms with Crippen LogP contribution in [0.1, 0.15) is 19.5 Å². The molecule has 2 heterocycles. The van der Waals surface area contributed by atoms with Gasteiger partial charge in [0.05, 0.1) is 23.7 Å². The molecule has 0 aliphatic carbocycles. The van der Waals surface area contributed by atoms with Gasteiger partial charge in [0, 0.05) is 6.54 Å². The van der Waals surface area contributed by atoms with E-state index in [1.807, 2.05) is 18.7 Å². The molecule has 0 unspecified atom stereocenters. The summed E-state index contributed by atoms with van der Waals surface area (Å²) in [6.07, 6.45) is 0. The number of nitrogens with zero attached hydrogens (tertiary/aromatic N) is 4. The molecule has 0 radical (unpaired) electrons. The van der Waals surface area contributed by atoms with Crippen LogP contribution in [0.25, 0.3) is 0 Å². The fourth-order valence-electron chi connectivity index (χ4n) is 2.27. The summed E-state index contributed by atoms with van der Waals surface area (Å²) in [7, 11) is 0. The maximum atomic E-state index is 11.3. The lowest BCUT2D eigenvalue weighted by molar-refractivity contribution is -0.385. The Morgan fingerprint density at radius 2 is 2.20 bits per heavy atom. The molecule has 0 spiro atoms. The Kier molecular flexibility index (Phi) is 3.73. The van der Waals surface area contributed by atoms with E-state index in [4.69, 9.17) is 10.6 Å². The van der Waals surface area contributed by atoms with E-state index in [2.05, 4.69) is 15.4 Å². The van der Waals surface area contributed by atoms with E-state index in [1.165, 1.54) is 0 Å². The number of hydrogen-bond acceptors (Lipinski definition) is 8. The normalized spacial score (nSPS) is 17.9. The van der Waals surface area contributed by atoms with E-state index in [0.717, 1.165) is 0 Å². The van der Waals surface area contributed by atoms with Crippen LogP contribution in [0.2, 0.25) is 0 Å². The number of anilines is 2. The van der Waals surface area contributed by atoms with E-state index in [0.29, 0.717) is 19.8 Å². The third-order valence-electron chi connectivity index (χ3n) is 3.25. The van der Waals surface area contributed by atoms with Crippen LogP contribution in [-0.4, -0.2) is 40.2 Å². The SMILES string of the molecule is Cc1nc(NN)nc(N2CCOCC2(C)C)c1[N+](=O)[O-]. The zero-order chi connectivity index (χ0) is 14.9. The second-order valence-electron chi connectivity index (χ2n) is 5.22. The Morgan fingerprint density at radius 3 is 2.75 bits per heavy atom. The first-order valence-corrected chi connectivity index (χ1v) is 6.22. The zero-order valence-electron chi connectivity index (χ0n) is 11.7. The van der Waals surface area contributed by atoms with Crippen LogP contribution >= 0.6 is 0 Å². The summed E-state index contributed by atoms with van der Waals surface area (Å²) in [6.45, 7) is 6.95. The minimum absolute atomic E-state index is 0.0982. The fraction of sp³-hybridized carbons (Fsp3) is 0.636. The highest BCUT2D eigenvalue weighted by Gasteiger charge is 2.37. The third-order valence-corrected chi connectivity index (χ3v) is 3.25. The summed E-state index contributed by atoms with van der Waals surface area (Å²) in [6, 6.07) is 0. The number of nitrogens with two attached hydrogens (primary N) is 1. The van der Waals surface area contributed by atoms with Crippen molar-refractivity contribution in [2.75, 3.05) is 30.1 Å². The molecule has 9 heteroatoms. The van der Waals surface area contributed by atoms with Gasteiger partial charge in [0.2, 0.25) is 11.8 Å². The molecule has 0 bridgehead atoms. The van der Waals surface area contributed by atoms with Crippen molar-refractivity contribution in [3.8, 4) is 0 Å². The Bertz CT molecular complexity index is 533. The van der Waals surface area contributed by atoms with Crippen molar-refractivity contribution in [1.29, 1.82) is 0 Å². The monoisotopic (exact) mass is 282 g/mol. The fourth-order valence-corrected chi connectivity index (χ4v) is 2.27. The van der Waals surface area contributed by atoms with Gasteiger partial charge in [-0.1, -0.05) is 0 Å². The van der Waals surface area contributed by atoms with Gasteiger partial charge in [-0.05, 0) is 20.8 Å². The van der Waals surface area contributed by atoms with Crippen molar-refractivity contribution >= 4 is 17.5 Å². The number of aromatic nitrogens is 2. The number of morpholine rings is 1. The quantitative estimate of drug-likeness (QED) is 0.469. The molecule has 1 aromatic heterocycles. The standard InChI is InChI=1S/C11H18N6O3/c1-7-8(17(18)19)9(14-10(13-7)15-12)16-4-5-20-6-11(16,2)3/h4-6,12H2,1-3H3,(H,13,14,15). The summed E-state index contributed by atoms with van der Waals surface area (Å²) in [5.41, 5.74) is 2.12. The molecule has 1 aromatic rings. The Labute approximate surface area is 116 Å². The molecule has 1 aliphatic rings. The van der Waals surface area contributed by atoms with Crippen molar-refractivity contribution in [3.05, 3.63) is 15.8 Å². The molecule has 0 amide bonds. The lowest BCUT2D eigenvalue weighted by atomic mass is 10.0. The number of nitrogens with one attached hydrogen (secondary N) is 1. The van der Waals surface area contributed by atoms with Crippen LogP contribution in [0.5, 0.6) is 0 Å². The number of rotatable bonds is 3. The second-order valence-corrected chi connectivity index (χ2v) is 5.22. The van der Waals surface area contributed by atoms with Crippen LogP contribution in [0.3, 0.4) is 0 Å². The van der Waals surface area contributed by atoms with Crippen LogP contribution in [0.4, 0.5) is 17.5 Å². The largest absolute Gasteiger partial charge is 0.377 e. The zero-order valence-corrected chi connectivity index (χ0v) is 11.7. The van der Waals surface area contributed by atoms with E-state index in [1.54, 1.807) is 6.92 Å². The molecule has 1 fully saturated rings. The number of aryl methyl sites for hydroxylation is 1. The highest BCUT2D eigenvalue weighted by Crippen LogP contribution is 2.34. The van der Waals surface area contributed by atoms with Crippen molar-refractivity contribution in [1.82, 2.24) is 9.97 Å². The molecule has 0 saturated carbocycles. The van der Waals surface area contributed by atoms with Crippen molar-refractivity contribution < 1.29 is 9.66 Å². The highest BCUT2D eigenvalue weighted by atomic mass is 16.6. The number of ether oxygens (including phenoxy) is 1. The van der Waals surface area contributed by atoms with Gasteiger partial charge < -0.3 is 9.64 Å². The molecular weight excluding hydrogens is 264 g/mol. The third kappa shape index (κ3) is 2.49. The lowest BCUT2D eigenvalue weighted by Crippen LogP contribution is -2.53. The average molecular weight is 282 g/mol. The Balaban J connectivity index is 2.58. The van der Waals surface area contributed by atoms with Crippen molar-refractivity contribution in [3.63, 3.8) is 0 Å². The van der Waals surface area contributed by atoms with Crippen LogP contribution < -0.4 is 16.2 Å². The van der Waals surface area contributed by atoms with Crippen LogP contribution in [-0.2, 0) is 4.74 Å². The first kappa shape index (κ1) is 14.4. The highest BCUT2D eigenvalue weighted by molar-refractivity contribution is 5.63. The van der Waals surface area contributed by atoms with E-state index >= 15 is 0 Å². The van der Waals surface area contributed by atoms with Gasteiger partial charge >= 0.3 is 5.69 Å². The van der Waals surface area contributed by atoms with Gasteiger partial charge in [0.15, 0.2) is 0 Å². The maximum absolute atomic E-state index is 11.3. The van der Waals surface area contributed by atoms with E-state index < -0.39 is 10.5 Å². The summed E-state index contributed by atoms with van der Waals surface area (Å²) in [5.74, 6) is 5.75. The molecule has 0 aromatic carbocycles. The second kappa shape index (κ2) is 5.17. The molecule has 2 rings (SSSR count).